The van der Waals surface area contributed by atoms with Gasteiger partial charge in [-0.3, -0.25) is 4.99 Å². The molecule has 0 spiro atoms. The molecule has 1 aliphatic heterocycles. The summed E-state index contributed by atoms with van der Waals surface area (Å²) in [6, 6.07) is 0. The van der Waals surface area contributed by atoms with Gasteiger partial charge in [0.15, 0.2) is 5.96 Å². The summed E-state index contributed by atoms with van der Waals surface area (Å²) < 4.78 is 5.58. The molecule has 1 unspecified atom stereocenters. The smallest absolute Gasteiger partial charge is 0.193 e. The zero-order valence-electron chi connectivity index (χ0n) is 13.9. The summed E-state index contributed by atoms with van der Waals surface area (Å²) in [5.41, 5.74) is 0. The van der Waals surface area contributed by atoms with Crippen molar-refractivity contribution in [2.24, 2.45) is 10.9 Å². The van der Waals surface area contributed by atoms with Gasteiger partial charge in [-0.1, -0.05) is 27.2 Å². The topological polar surface area (TPSA) is 36.9 Å². The molecule has 0 aromatic carbocycles. The summed E-state index contributed by atoms with van der Waals surface area (Å²) in [6.45, 7) is 11.4. The standard InChI is InChI=1S/C15H31N3OS.HI/c1-5-6-9-19-10-7-17-15(16-4)18-8-11-20-14(12-18)13(2)3;/h13-14H,5-12H2,1-4H3,(H,16,17);1H. The Kier molecular flexibility index (Phi) is 13.0. The number of nitrogens with zero attached hydrogens (tertiary/aromatic N) is 2. The van der Waals surface area contributed by atoms with Gasteiger partial charge >= 0.3 is 0 Å². The van der Waals surface area contributed by atoms with E-state index in [-0.39, 0.29) is 24.0 Å². The summed E-state index contributed by atoms with van der Waals surface area (Å²) in [6.07, 6.45) is 2.34. The number of halogens is 1. The Morgan fingerprint density at radius 1 is 1.43 bits per heavy atom. The van der Waals surface area contributed by atoms with Gasteiger partial charge in [-0.2, -0.15) is 11.8 Å². The third-order valence-electron chi connectivity index (χ3n) is 3.52. The SMILES string of the molecule is CCCCOCCNC(=NC)N1CCSC(C(C)C)C1.I. The van der Waals surface area contributed by atoms with Crippen LogP contribution in [0.2, 0.25) is 0 Å². The molecule has 1 heterocycles. The summed E-state index contributed by atoms with van der Waals surface area (Å²) in [5.74, 6) is 2.93. The van der Waals surface area contributed by atoms with Crippen molar-refractivity contribution in [1.29, 1.82) is 0 Å². The molecule has 1 aliphatic rings. The highest BCUT2D eigenvalue weighted by Crippen LogP contribution is 2.24. The molecule has 1 fully saturated rings. The Hall–Kier alpha value is 0.310. The van der Waals surface area contributed by atoms with Crippen molar-refractivity contribution >= 4 is 41.7 Å². The third kappa shape index (κ3) is 8.50. The fraction of sp³-hybridized carbons (Fsp3) is 0.933. The number of nitrogens with one attached hydrogen (secondary N) is 1. The number of rotatable bonds is 7. The second-order valence-corrected chi connectivity index (χ2v) is 6.89. The minimum Gasteiger partial charge on any atom is -0.380 e. The normalized spacial score (nSPS) is 19.6. The monoisotopic (exact) mass is 429 g/mol. The summed E-state index contributed by atoms with van der Waals surface area (Å²) in [5, 5.41) is 4.13. The molecule has 0 amide bonds. The van der Waals surface area contributed by atoms with Gasteiger partial charge in [0.1, 0.15) is 0 Å². The molecular formula is C15H32IN3OS. The Balaban J connectivity index is 0.00000400. The van der Waals surface area contributed by atoms with Crippen molar-refractivity contribution in [3.8, 4) is 0 Å². The van der Waals surface area contributed by atoms with Crippen LogP contribution in [-0.4, -0.2) is 61.8 Å². The van der Waals surface area contributed by atoms with Gasteiger partial charge in [0.05, 0.1) is 6.61 Å². The molecule has 1 rings (SSSR count). The summed E-state index contributed by atoms with van der Waals surface area (Å²) in [7, 11) is 1.87. The van der Waals surface area contributed by atoms with Gasteiger partial charge in [0.25, 0.3) is 0 Å². The highest BCUT2D eigenvalue weighted by Gasteiger charge is 2.24. The number of guanidine groups is 1. The first kappa shape index (κ1) is 21.3. The lowest BCUT2D eigenvalue weighted by Crippen LogP contribution is -2.49. The Labute approximate surface area is 151 Å². The second-order valence-electron chi connectivity index (χ2n) is 5.54. The molecule has 0 bridgehead atoms. The first-order chi connectivity index (χ1) is 9.69. The van der Waals surface area contributed by atoms with Gasteiger partial charge in [-0.15, -0.1) is 24.0 Å². The van der Waals surface area contributed by atoms with Crippen LogP contribution < -0.4 is 5.32 Å². The van der Waals surface area contributed by atoms with Crippen molar-refractivity contribution < 1.29 is 4.74 Å². The zero-order chi connectivity index (χ0) is 14.8. The van der Waals surface area contributed by atoms with E-state index in [9.17, 15) is 0 Å². The molecule has 4 nitrogen and oxygen atoms in total. The van der Waals surface area contributed by atoms with Gasteiger partial charge in [-0.05, 0) is 12.3 Å². The summed E-state index contributed by atoms with van der Waals surface area (Å²) in [4.78, 5) is 6.79. The van der Waals surface area contributed by atoms with Gasteiger partial charge in [-0.25, -0.2) is 0 Å². The van der Waals surface area contributed by atoms with Crippen LogP contribution in [-0.2, 0) is 4.74 Å². The molecule has 0 aromatic rings. The van der Waals surface area contributed by atoms with E-state index < -0.39 is 0 Å². The highest BCUT2D eigenvalue weighted by atomic mass is 127. The van der Waals surface area contributed by atoms with E-state index in [2.05, 4.69) is 47.7 Å². The van der Waals surface area contributed by atoms with E-state index in [0.717, 1.165) is 51.1 Å². The molecule has 126 valence electrons. The molecule has 0 saturated carbocycles. The average molecular weight is 429 g/mol. The number of aliphatic imine (C=N–C) groups is 1. The first-order valence-electron chi connectivity index (χ1n) is 7.84. The number of ether oxygens (including phenoxy) is 1. The molecule has 1 N–H and O–H groups in total. The number of hydrogen-bond donors (Lipinski definition) is 1. The number of thioether (sulfide) groups is 1. The highest BCUT2D eigenvalue weighted by molar-refractivity contribution is 14.0. The fourth-order valence-electron chi connectivity index (χ4n) is 2.19. The first-order valence-corrected chi connectivity index (χ1v) is 8.88. The van der Waals surface area contributed by atoms with Crippen LogP contribution in [0.5, 0.6) is 0 Å². The third-order valence-corrected chi connectivity index (χ3v) is 5.06. The van der Waals surface area contributed by atoms with Crippen LogP contribution in [0.3, 0.4) is 0 Å². The van der Waals surface area contributed by atoms with Gasteiger partial charge in [0, 0.05) is 44.3 Å². The Bertz CT molecular complexity index is 290. The minimum atomic E-state index is 0. The maximum absolute atomic E-state index is 5.58. The van der Waals surface area contributed by atoms with Crippen LogP contribution in [0.25, 0.3) is 0 Å². The van der Waals surface area contributed by atoms with Crippen molar-refractivity contribution in [2.45, 2.75) is 38.9 Å². The van der Waals surface area contributed by atoms with Crippen LogP contribution in [0.4, 0.5) is 0 Å². The predicted molar refractivity (Wildman–Crippen MR) is 105 cm³/mol. The van der Waals surface area contributed by atoms with Crippen molar-refractivity contribution in [2.75, 3.05) is 45.6 Å². The number of unbranched alkanes of at least 4 members (excludes halogenated alkanes) is 1. The minimum absolute atomic E-state index is 0. The molecule has 0 aromatic heterocycles. The lowest BCUT2D eigenvalue weighted by atomic mass is 10.1. The van der Waals surface area contributed by atoms with E-state index in [4.69, 9.17) is 4.74 Å². The van der Waals surface area contributed by atoms with Crippen molar-refractivity contribution in [1.82, 2.24) is 10.2 Å². The van der Waals surface area contributed by atoms with Crippen molar-refractivity contribution in [3.63, 3.8) is 0 Å². The van der Waals surface area contributed by atoms with Gasteiger partial charge < -0.3 is 15.0 Å². The largest absolute Gasteiger partial charge is 0.380 e. The molecule has 1 atom stereocenters. The molecule has 1 saturated heterocycles. The maximum Gasteiger partial charge on any atom is 0.193 e. The lowest BCUT2D eigenvalue weighted by Gasteiger charge is -2.36. The molecule has 0 aliphatic carbocycles. The van der Waals surface area contributed by atoms with Crippen LogP contribution >= 0.6 is 35.7 Å². The lowest BCUT2D eigenvalue weighted by molar-refractivity contribution is 0.135. The van der Waals surface area contributed by atoms with Crippen molar-refractivity contribution in [3.05, 3.63) is 0 Å². The van der Waals surface area contributed by atoms with Gasteiger partial charge in [0.2, 0.25) is 0 Å². The molecule has 0 radical (unpaired) electrons. The Morgan fingerprint density at radius 2 is 2.19 bits per heavy atom. The Morgan fingerprint density at radius 3 is 2.81 bits per heavy atom. The quantitative estimate of drug-likeness (QED) is 0.292. The maximum atomic E-state index is 5.58. The predicted octanol–water partition coefficient (Wildman–Crippen LogP) is 3.07. The fourth-order valence-corrected chi connectivity index (χ4v) is 3.49. The summed E-state index contributed by atoms with van der Waals surface area (Å²) >= 11 is 2.09. The van der Waals surface area contributed by atoms with E-state index in [1.54, 1.807) is 0 Å². The van der Waals surface area contributed by atoms with E-state index >= 15 is 0 Å². The van der Waals surface area contributed by atoms with Crippen LogP contribution in [0, 0.1) is 5.92 Å². The molecular weight excluding hydrogens is 397 g/mol. The second kappa shape index (κ2) is 12.8. The van der Waals surface area contributed by atoms with E-state index in [1.165, 1.54) is 12.2 Å². The number of hydrogen-bond acceptors (Lipinski definition) is 3. The molecule has 6 heteroatoms. The van der Waals surface area contributed by atoms with E-state index in [1.807, 2.05) is 7.05 Å². The average Bonchev–Trinajstić information content (AvgIpc) is 2.46. The van der Waals surface area contributed by atoms with Crippen LogP contribution in [0.1, 0.15) is 33.6 Å². The zero-order valence-corrected chi connectivity index (χ0v) is 17.1. The molecule has 21 heavy (non-hydrogen) atoms. The van der Waals surface area contributed by atoms with E-state index in [0.29, 0.717) is 5.25 Å². The van der Waals surface area contributed by atoms with Crippen LogP contribution in [0.15, 0.2) is 4.99 Å².